The molecule has 0 saturated carbocycles. The highest BCUT2D eigenvalue weighted by molar-refractivity contribution is 6.32. The normalized spacial score (nSPS) is 13.1. The molecule has 102 valence electrons. The summed E-state index contributed by atoms with van der Waals surface area (Å²) >= 11 is 6.21. The van der Waals surface area contributed by atoms with Gasteiger partial charge in [0.1, 0.15) is 12.4 Å². The Labute approximate surface area is 120 Å². The van der Waals surface area contributed by atoms with Crippen LogP contribution in [-0.2, 0) is 0 Å². The molecule has 0 aliphatic rings. The van der Waals surface area contributed by atoms with Crippen LogP contribution >= 0.6 is 11.6 Å². The first kappa shape index (κ1) is 15.5. The minimum atomic E-state index is 0.455. The van der Waals surface area contributed by atoms with Crippen LogP contribution in [0, 0.1) is 6.92 Å². The fourth-order valence-electron chi connectivity index (χ4n) is 1.52. The summed E-state index contributed by atoms with van der Waals surface area (Å²) in [6.07, 6.45) is 5.96. The number of nitrogens with zero attached hydrogens (tertiary/aromatic N) is 1. The second kappa shape index (κ2) is 7.80. The van der Waals surface area contributed by atoms with Crippen LogP contribution in [0.2, 0.25) is 5.02 Å². The fraction of sp³-hybridized carbons (Fsp3) is 0.312. The quantitative estimate of drug-likeness (QED) is 0.568. The van der Waals surface area contributed by atoms with Crippen molar-refractivity contribution >= 4 is 17.3 Å². The number of hydrogen-bond donors (Lipinski definition) is 0. The van der Waals surface area contributed by atoms with E-state index in [4.69, 9.17) is 16.3 Å². The fourth-order valence-corrected chi connectivity index (χ4v) is 1.70. The third-order valence-corrected chi connectivity index (χ3v) is 3.31. The molecule has 0 unspecified atom stereocenters. The van der Waals surface area contributed by atoms with Gasteiger partial charge in [0, 0.05) is 18.3 Å². The Morgan fingerprint density at radius 3 is 2.79 bits per heavy atom. The number of ether oxygens (including phenoxy) is 1. The van der Waals surface area contributed by atoms with Gasteiger partial charge in [0.15, 0.2) is 0 Å². The molecule has 0 aromatic heterocycles. The van der Waals surface area contributed by atoms with Crippen molar-refractivity contribution in [1.82, 2.24) is 0 Å². The highest BCUT2D eigenvalue weighted by Crippen LogP contribution is 2.27. The third kappa shape index (κ3) is 4.56. The lowest BCUT2D eigenvalue weighted by atomic mass is 10.1. The molecule has 0 saturated heterocycles. The van der Waals surface area contributed by atoms with Crippen molar-refractivity contribution in [3.63, 3.8) is 0 Å². The number of allylic oxidation sites excluding steroid dienone is 3. The Morgan fingerprint density at radius 1 is 1.42 bits per heavy atom. The number of aryl methyl sites for hydroxylation is 1. The molecule has 2 nitrogen and oxygen atoms in total. The summed E-state index contributed by atoms with van der Waals surface area (Å²) in [5.41, 5.74) is 3.01. The van der Waals surface area contributed by atoms with Gasteiger partial charge < -0.3 is 4.74 Å². The lowest BCUT2D eigenvalue weighted by molar-refractivity contribution is 0.357. The number of benzene rings is 1. The number of rotatable bonds is 5. The van der Waals surface area contributed by atoms with Crippen LogP contribution in [0.5, 0.6) is 5.75 Å². The summed E-state index contributed by atoms with van der Waals surface area (Å²) in [5.74, 6) is 0.706. The van der Waals surface area contributed by atoms with Crippen molar-refractivity contribution in [2.45, 2.75) is 20.8 Å². The Kier molecular flexibility index (Phi) is 6.37. The maximum atomic E-state index is 6.21. The second-order valence-electron chi connectivity index (χ2n) is 4.20. The van der Waals surface area contributed by atoms with E-state index in [1.54, 1.807) is 7.05 Å². The Hall–Kier alpha value is -1.54. The zero-order valence-corrected chi connectivity index (χ0v) is 12.7. The molecule has 0 spiro atoms. The van der Waals surface area contributed by atoms with Crippen LogP contribution in [0.25, 0.3) is 0 Å². The smallest absolute Gasteiger partial charge is 0.138 e. The van der Waals surface area contributed by atoms with E-state index >= 15 is 0 Å². The SMILES string of the molecule is C/C=C\C=C(\COc1cccc(C)c1Cl)C(C)=NC. The van der Waals surface area contributed by atoms with E-state index in [1.165, 1.54) is 0 Å². The van der Waals surface area contributed by atoms with Crippen LogP contribution in [0.3, 0.4) is 0 Å². The molecule has 0 amide bonds. The maximum absolute atomic E-state index is 6.21. The van der Waals surface area contributed by atoms with E-state index in [0.29, 0.717) is 17.4 Å². The molecule has 3 heteroatoms. The predicted molar refractivity (Wildman–Crippen MR) is 83.6 cm³/mol. The van der Waals surface area contributed by atoms with Crippen molar-refractivity contribution in [1.29, 1.82) is 0 Å². The van der Waals surface area contributed by atoms with Gasteiger partial charge in [0.2, 0.25) is 0 Å². The minimum Gasteiger partial charge on any atom is -0.487 e. The molecule has 1 rings (SSSR count). The lowest BCUT2D eigenvalue weighted by Crippen LogP contribution is -2.08. The number of halogens is 1. The summed E-state index contributed by atoms with van der Waals surface area (Å²) in [7, 11) is 1.78. The molecule has 0 bridgehead atoms. The average molecular weight is 278 g/mol. The summed E-state index contributed by atoms with van der Waals surface area (Å²) in [6, 6.07) is 5.78. The molecule has 0 aliphatic carbocycles. The van der Waals surface area contributed by atoms with Gasteiger partial charge in [-0.2, -0.15) is 0 Å². The van der Waals surface area contributed by atoms with E-state index < -0.39 is 0 Å². The predicted octanol–water partition coefficient (Wildman–Crippen LogP) is 4.62. The van der Waals surface area contributed by atoms with Gasteiger partial charge in [0.05, 0.1) is 5.02 Å². The Balaban J connectivity index is 2.85. The van der Waals surface area contributed by atoms with Gasteiger partial charge in [-0.05, 0) is 32.4 Å². The van der Waals surface area contributed by atoms with Gasteiger partial charge in [-0.1, -0.05) is 42.0 Å². The summed E-state index contributed by atoms with van der Waals surface area (Å²) < 4.78 is 5.78. The molecule has 0 heterocycles. The van der Waals surface area contributed by atoms with Gasteiger partial charge in [-0.3, -0.25) is 4.99 Å². The van der Waals surface area contributed by atoms with Gasteiger partial charge >= 0.3 is 0 Å². The highest BCUT2D eigenvalue weighted by atomic mass is 35.5. The van der Waals surface area contributed by atoms with Crippen molar-refractivity contribution < 1.29 is 4.74 Å². The second-order valence-corrected chi connectivity index (χ2v) is 4.58. The first-order chi connectivity index (χ1) is 9.10. The summed E-state index contributed by atoms with van der Waals surface area (Å²) in [6.45, 7) is 6.36. The lowest BCUT2D eigenvalue weighted by Gasteiger charge is -2.11. The van der Waals surface area contributed by atoms with Crippen LogP contribution in [-0.4, -0.2) is 19.4 Å². The molecule has 0 fully saturated rings. The first-order valence-electron chi connectivity index (χ1n) is 6.23. The van der Waals surface area contributed by atoms with Gasteiger partial charge in [-0.15, -0.1) is 0 Å². The van der Waals surface area contributed by atoms with Crippen molar-refractivity contribution in [2.24, 2.45) is 4.99 Å². The van der Waals surface area contributed by atoms with Gasteiger partial charge in [0.25, 0.3) is 0 Å². The molecule has 0 N–H and O–H groups in total. The van der Waals surface area contributed by atoms with Crippen LogP contribution in [0.15, 0.2) is 47.0 Å². The van der Waals surface area contributed by atoms with Crippen LogP contribution < -0.4 is 4.74 Å². The van der Waals surface area contributed by atoms with E-state index in [-0.39, 0.29) is 0 Å². The molecule has 1 aromatic carbocycles. The van der Waals surface area contributed by atoms with E-state index in [9.17, 15) is 0 Å². The molecule has 0 atom stereocenters. The molecule has 1 aromatic rings. The Bertz CT molecular complexity index is 515. The molecular weight excluding hydrogens is 258 g/mol. The molecular formula is C16H20ClNO. The first-order valence-corrected chi connectivity index (χ1v) is 6.61. The van der Waals surface area contributed by atoms with Crippen molar-refractivity contribution in [3.8, 4) is 5.75 Å². The van der Waals surface area contributed by atoms with Crippen molar-refractivity contribution in [2.75, 3.05) is 13.7 Å². The van der Waals surface area contributed by atoms with E-state index in [0.717, 1.165) is 16.8 Å². The Morgan fingerprint density at radius 2 is 2.16 bits per heavy atom. The van der Waals surface area contributed by atoms with Crippen LogP contribution in [0.1, 0.15) is 19.4 Å². The zero-order chi connectivity index (χ0) is 14.3. The number of hydrogen-bond acceptors (Lipinski definition) is 2. The van der Waals surface area contributed by atoms with Crippen molar-refractivity contribution in [3.05, 3.63) is 52.6 Å². The third-order valence-electron chi connectivity index (χ3n) is 2.83. The topological polar surface area (TPSA) is 21.6 Å². The monoisotopic (exact) mass is 277 g/mol. The number of aliphatic imine (C=N–C) groups is 1. The maximum Gasteiger partial charge on any atom is 0.138 e. The average Bonchev–Trinajstić information content (AvgIpc) is 2.42. The van der Waals surface area contributed by atoms with Gasteiger partial charge in [-0.25, -0.2) is 0 Å². The molecule has 0 radical (unpaired) electrons. The summed E-state index contributed by atoms with van der Waals surface area (Å²) in [4.78, 5) is 4.20. The zero-order valence-electron chi connectivity index (χ0n) is 11.9. The molecule has 19 heavy (non-hydrogen) atoms. The largest absolute Gasteiger partial charge is 0.487 e. The van der Waals surface area contributed by atoms with Crippen LogP contribution in [0.4, 0.5) is 0 Å². The molecule has 0 aliphatic heterocycles. The highest BCUT2D eigenvalue weighted by Gasteiger charge is 2.06. The van der Waals surface area contributed by atoms with E-state index in [2.05, 4.69) is 4.99 Å². The minimum absolute atomic E-state index is 0.455. The van der Waals surface area contributed by atoms with E-state index in [1.807, 2.05) is 57.2 Å². The standard InChI is InChI=1S/C16H20ClNO/c1-5-6-9-14(13(3)18-4)11-19-15-10-7-8-12(2)16(15)17/h5-10H,11H2,1-4H3/b6-5-,14-9-,18-13?. The summed E-state index contributed by atoms with van der Waals surface area (Å²) in [5, 5.41) is 0.666.